The molecule has 1 aliphatic heterocycles. The molecule has 0 N–H and O–H groups in total. The van der Waals surface area contributed by atoms with Crippen LogP contribution in [0.2, 0.25) is 0 Å². The Morgan fingerprint density at radius 3 is 2.70 bits per heavy atom. The second kappa shape index (κ2) is 4.51. The molecule has 2 heteroatoms. The van der Waals surface area contributed by atoms with Crippen molar-refractivity contribution in [2.24, 2.45) is 0 Å². The number of benzene rings is 2. The topological polar surface area (TPSA) is 14.2 Å². The van der Waals surface area contributed by atoms with Crippen LogP contribution in [0.5, 0.6) is 5.75 Å². The minimum Gasteiger partial charge on any atom is -0.485 e. The van der Waals surface area contributed by atoms with Gasteiger partial charge >= 0.3 is 0 Å². The highest BCUT2D eigenvalue weighted by Crippen LogP contribution is 2.45. The maximum atomic E-state index is 6.22. The molecule has 2 nitrogen and oxygen atoms in total. The zero-order valence-electron chi connectivity index (χ0n) is 13.4. The van der Waals surface area contributed by atoms with Crippen LogP contribution >= 0.6 is 0 Å². The maximum Gasteiger partial charge on any atom is 0.130 e. The van der Waals surface area contributed by atoms with Crippen LogP contribution < -0.4 is 4.74 Å². The predicted molar refractivity (Wildman–Crippen MR) is 94.8 cm³/mol. The van der Waals surface area contributed by atoms with Crippen LogP contribution in [0.15, 0.2) is 48.5 Å². The fraction of sp³-hybridized carbons (Fsp3) is 0.238. The molecule has 1 unspecified atom stereocenters. The molecule has 0 fully saturated rings. The van der Waals surface area contributed by atoms with Crippen molar-refractivity contribution in [2.75, 3.05) is 0 Å². The van der Waals surface area contributed by atoms with E-state index in [1.165, 1.54) is 33.3 Å². The third-order valence-electron chi connectivity index (χ3n) is 5.06. The molecule has 23 heavy (non-hydrogen) atoms. The molecule has 1 aliphatic carbocycles. The highest BCUT2D eigenvalue weighted by atomic mass is 16.5. The lowest BCUT2D eigenvalue weighted by atomic mass is 9.90. The summed E-state index contributed by atoms with van der Waals surface area (Å²) in [6.45, 7) is 4.52. The fourth-order valence-corrected chi connectivity index (χ4v) is 4.15. The first-order valence-corrected chi connectivity index (χ1v) is 8.33. The molecular formula is C21H19NO. The number of hydrogen-bond acceptors (Lipinski definition) is 1. The van der Waals surface area contributed by atoms with Crippen LogP contribution in [-0.4, -0.2) is 10.7 Å². The first kappa shape index (κ1) is 13.0. The highest BCUT2D eigenvalue weighted by molar-refractivity contribution is 6.00. The van der Waals surface area contributed by atoms with E-state index in [-0.39, 0.29) is 6.10 Å². The van der Waals surface area contributed by atoms with Crippen LogP contribution in [-0.2, 0) is 6.42 Å². The van der Waals surface area contributed by atoms with Gasteiger partial charge < -0.3 is 9.30 Å². The predicted octanol–water partition coefficient (Wildman–Crippen LogP) is 5.08. The molecular weight excluding hydrogens is 282 g/mol. The number of ether oxygens (including phenoxy) is 1. The van der Waals surface area contributed by atoms with Crippen molar-refractivity contribution in [3.63, 3.8) is 0 Å². The van der Waals surface area contributed by atoms with Gasteiger partial charge in [-0.1, -0.05) is 36.4 Å². The molecule has 3 aromatic rings. The molecule has 0 radical (unpaired) electrons. The Morgan fingerprint density at radius 2 is 1.83 bits per heavy atom. The molecule has 0 saturated carbocycles. The Hall–Kier alpha value is -2.48. The van der Waals surface area contributed by atoms with Crippen LogP contribution in [0.3, 0.4) is 0 Å². The third kappa shape index (κ3) is 1.69. The quantitative estimate of drug-likeness (QED) is 0.611. The van der Waals surface area contributed by atoms with Gasteiger partial charge in [0, 0.05) is 45.8 Å². The van der Waals surface area contributed by atoms with Crippen molar-refractivity contribution in [1.82, 2.24) is 4.57 Å². The van der Waals surface area contributed by atoms with Crippen LogP contribution in [0.25, 0.3) is 22.6 Å². The summed E-state index contributed by atoms with van der Waals surface area (Å²) in [5.41, 5.74) is 6.70. The van der Waals surface area contributed by atoms with Crippen molar-refractivity contribution in [3.8, 4) is 5.75 Å². The first-order valence-electron chi connectivity index (χ1n) is 8.33. The van der Waals surface area contributed by atoms with Crippen molar-refractivity contribution >= 4 is 22.6 Å². The summed E-state index contributed by atoms with van der Waals surface area (Å²) in [5, 5.41) is 1.35. The van der Waals surface area contributed by atoms with Gasteiger partial charge in [-0.3, -0.25) is 0 Å². The standard InChI is InChI=1S/C21H19NO/c1-13(2)22-18-9-5-3-7-14(18)16-11-17-15-8-4-6-10-20(15)23-21(17)12-19(16)22/h3-11,13,21H,12H2,1-2H3. The van der Waals surface area contributed by atoms with Crippen molar-refractivity contribution in [3.05, 3.63) is 65.4 Å². The van der Waals surface area contributed by atoms with E-state index in [4.69, 9.17) is 4.74 Å². The normalized spacial score (nSPS) is 18.4. The second-order valence-electron chi connectivity index (χ2n) is 6.75. The van der Waals surface area contributed by atoms with Gasteiger partial charge in [-0.05, 0) is 32.1 Å². The molecule has 0 bridgehead atoms. The largest absolute Gasteiger partial charge is 0.485 e. The molecule has 114 valence electrons. The lowest BCUT2D eigenvalue weighted by Crippen LogP contribution is -2.21. The summed E-state index contributed by atoms with van der Waals surface area (Å²) in [5.74, 6) is 1.02. The molecule has 2 aromatic carbocycles. The molecule has 2 heterocycles. The average Bonchev–Trinajstić information content (AvgIpc) is 3.07. The Labute approximate surface area is 136 Å². The summed E-state index contributed by atoms with van der Waals surface area (Å²) in [7, 11) is 0. The molecule has 0 saturated heterocycles. The van der Waals surface area contributed by atoms with E-state index in [1.54, 1.807) is 0 Å². The monoisotopic (exact) mass is 301 g/mol. The lowest BCUT2D eigenvalue weighted by Gasteiger charge is -2.22. The molecule has 0 spiro atoms. The Morgan fingerprint density at radius 1 is 1.04 bits per heavy atom. The number of rotatable bonds is 1. The summed E-state index contributed by atoms with van der Waals surface area (Å²) in [6, 6.07) is 17.6. The molecule has 5 rings (SSSR count). The van der Waals surface area contributed by atoms with Gasteiger partial charge in [0.25, 0.3) is 0 Å². The van der Waals surface area contributed by atoms with E-state index in [0.29, 0.717) is 6.04 Å². The lowest BCUT2D eigenvalue weighted by molar-refractivity contribution is 0.272. The Kier molecular flexibility index (Phi) is 2.55. The molecule has 1 atom stereocenters. The van der Waals surface area contributed by atoms with E-state index < -0.39 is 0 Å². The maximum absolute atomic E-state index is 6.22. The number of nitrogens with zero attached hydrogens (tertiary/aromatic N) is 1. The summed E-state index contributed by atoms with van der Waals surface area (Å²) in [6.07, 6.45) is 3.46. The zero-order valence-corrected chi connectivity index (χ0v) is 13.4. The Bertz CT molecular complexity index is 961. The fourth-order valence-electron chi connectivity index (χ4n) is 4.15. The van der Waals surface area contributed by atoms with E-state index in [1.807, 2.05) is 6.07 Å². The smallest absolute Gasteiger partial charge is 0.130 e. The van der Waals surface area contributed by atoms with Crippen molar-refractivity contribution in [2.45, 2.75) is 32.4 Å². The van der Waals surface area contributed by atoms with Gasteiger partial charge in [-0.15, -0.1) is 0 Å². The Balaban J connectivity index is 1.81. The minimum atomic E-state index is 0.154. The average molecular weight is 301 g/mol. The van der Waals surface area contributed by atoms with Crippen LogP contribution in [0, 0.1) is 0 Å². The van der Waals surface area contributed by atoms with Gasteiger partial charge in [-0.25, -0.2) is 0 Å². The second-order valence-corrected chi connectivity index (χ2v) is 6.75. The SMILES string of the molecule is CC(C)n1c2c(c3ccccc31)C=C1c3ccccc3OC1C2. The van der Waals surface area contributed by atoms with Gasteiger partial charge in [-0.2, -0.15) is 0 Å². The van der Waals surface area contributed by atoms with Gasteiger partial charge in [0.1, 0.15) is 11.9 Å². The zero-order chi connectivity index (χ0) is 15.6. The van der Waals surface area contributed by atoms with E-state index in [0.717, 1.165) is 12.2 Å². The minimum absolute atomic E-state index is 0.154. The number of aromatic nitrogens is 1. The summed E-state index contributed by atoms with van der Waals surface area (Å²) in [4.78, 5) is 0. The number of fused-ring (bicyclic) bond motifs is 6. The van der Waals surface area contributed by atoms with Gasteiger partial charge in [0.15, 0.2) is 0 Å². The van der Waals surface area contributed by atoms with Crippen molar-refractivity contribution < 1.29 is 4.74 Å². The number of para-hydroxylation sites is 2. The van der Waals surface area contributed by atoms with Crippen LogP contribution in [0.1, 0.15) is 36.7 Å². The van der Waals surface area contributed by atoms with E-state index >= 15 is 0 Å². The van der Waals surface area contributed by atoms with E-state index in [9.17, 15) is 0 Å². The van der Waals surface area contributed by atoms with Crippen molar-refractivity contribution in [1.29, 1.82) is 0 Å². The summed E-state index contributed by atoms with van der Waals surface area (Å²) < 4.78 is 8.69. The van der Waals surface area contributed by atoms with Gasteiger partial charge in [0.2, 0.25) is 0 Å². The number of hydrogen-bond donors (Lipinski definition) is 0. The summed E-state index contributed by atoms with van der Waals surface area (Å²) >= 11 is 0. The molecule has 0 amide bonds. The third-order valence-corrected chi connectivity index (χ3v) is 5.06. The molecule has 2 aliphatic rings. The molecule has 1 aromatic heterocycles. The van der Waals surface area contributed by atoms with Crippen LogP contribution in [0.4, 0.5) is 0 Å². The first-order chi connectivity index (χ1) is 11.2. The highest BCUT2D eigenvalue weighted by Gasteiger charge is 2.34. The van der Waals surface area contributed by atoms with E-state index in [2.05, 4.69) is 67.0 Å². The van der Waals surface area contributed by atoms with Gasteiger partial charge in [0.05, 0.1) is 0 Å².